The van der Waals surface area contributed by atoms with Crippen molar-refractivity contribution in [1.82, 2.24) is 19.9 Å². The second-order valence-corrected chi connectivity index (χ2v) is 6.32. The highest BCUT2D eigenvalue weighted by Gasteiger charge is 2.23. The first-order valence-corrected chi connectivity index (χ1v) is 7.33. The maximum Gasteiger partial charge on any atom is 0.244 e. The van der Waals surface area contributed by atoms with E-state index in [4.69, 9.17) is 5.73 Å². The molecule has 1 amide bonds. The van der Waals surface area contributed by atoms with Gasteiger partial charge < -0.3 is 10.6 Å². The molecule has 1 aromatic heterocycles. The van der Waals surface area contributed by atoms with Crippen molar-refractivity contribution in [2.45, 2.75) is 64.1 Å². The highest BCUT2D eigenvalue weighted by molar-refractivity contribution is 5.75. The number of carbonyl (C=O) groups excluding carboxylic acids is 1. The van der Waals surface area contributed by atoms with Crippen LogP contribution in [0.15, 0.2) is 6.20 Å². The zero-order valence-electron chi connectivity index (χ0n) is 12.7. The molecule has 0 atom stereocenters. The molecule has 6 nitrogen and oxygen atoms in total. The van der Waals surface area contributed by atoms with E-state index in [1.54, 1.807) is 10.9 Å². The number of likely N-dealkylation sites (N-methyl/N-ethyl adjacent to an activating group) is 1. The van der Waals surface area contributed by atoms with Gasteiger partial charge in [0, 0.05) is 13.1 Å². The van der Waals surface area contributed by atoms with E-state index in [0.29, 0.717) is 11.7 Å². The number of amides is 1. The minimum atomic E-state index is -0.531. The third-order valence-corrected chi connectivity index (χ3v) is 4.01. The molecule has 1 heterocycles. The first-order valence-electron chi connectivity index (χ1n) is 7.33. The Morgan fingerprint density at radius 3 is 2.65 bits per heavy atom. The summed E-state index contributed by atoms with van der Waals surface area (Å²) >= 11 is 0. The van der Waals surface area contributed by atoms with Crippen LogP contribution in [0.4, 0.5) is 0 Å². The predicted octanol–water partition coefficient (Wildman–Crippen LogP) is 1.26. The van der Waals surface area contributed by atoms with Crippen LogP contribution in [0.5, 0.6) is 0 Å². The van der Waals surface area contributed by atoms with Gasteiger partial charge in [0.2, 0.25) is 5.91 Å². The van der Waals surface area contributed by atoms with Crippen LogP contribution >= 0.6 is 0 Å². The summed E-state index contributed by atoms with van der Waals surface area (Å²) in [5.74, 6) is 0.0863. The van der Waals surface area contributed by atoms with E-state index in [-0.39, 0.29) is 12.5 Å². The lowest BCUT2D eigenvalue weighted by Gasteiger charge is -2.31. The molecule has 1 saturated carbocycles. The zero-order valence-corrected chi connectivity index (χ0v) is 12.7. The van der Waals surface area contributed by atoms with Crippen molar-refractivity contribution in [1.29, 1.82) is 0 Å². The molecule has 0 bridgehead atoms. The van der Waals surface area contributed by atoms with E-state index in [0.717, 1.165) is 12.8 Å². The fourth-order valence-corrected chi connectivity index (χ4v) is 2.59. The number of hydrogen-bond donors (Lipinski definition) is 1. The Morgan fingerprint density at radius 1 is 1.45 bits per heavy atom. The number of carbonyl (C=O) groups is 1. The zero-order chi connectivity index (χ0) is 14.8. The van der Waals surface area contributed by atoms with E-state index in [1.807, 2.05) is 25.8 Å². The van der Waals surface area contributed by atoms with E-state index in [9.17, 15) is 4.79 Å². The molecule has 0 aromatic carbocycles. The minimum absolute atomic E-state index is 0.0863. The Bertz CT molecular complexity index is 456. The summed E-state index contributed by atoms with van der Waals surface area (Å²) in [6.07, 6.45) is 7.71. The molecule has 20 heavy (non-hydrogen) atoms. The molecule has 0 saturated heterocycles. The van der Waals surface area contributed by atoms with Gasteiger partial charge in [-0.05, 0) is 26.7 Å². The van der Waals surface area contributed by atoms with E-state index in [2.05, 4.69) is 10.3 Å². The standard InChI is InChI=1S/C14H25N5O/c1-14(2,15)12-9-19(17-16-12)10-13(20)18(3)11-7-5-4-6-8-11/h9,11H,4-8,10,15H2,1-3H3. The normalized spacial score (nSPS) is 17.2. The maximum absolute atomic E-state index is 12.3. The van der Waals surface area contributed by atoms with Crippen LogP contribution in [0.25, 0.3) is 0 Å². The summed E-state index contributed by atoms with van der Waals surface area (Å²) in [7, 11) is 1.89. The van der Waals surface area contributed by atoms with Crippen molar-refractivity contribution in [2.24, 2.45) is 5.73 Å². The summed E-state index contributed by atoms with van der Waals surface area (Å²) in [4.78, 5) is 14.1. The Morgan fingerprint density at radius 2 is 2.10 bits per heavy atom. The van der Waals surface area contributed by atoms with Gasteiger partial charge in [-0.1, -0.05) is 24.5 Å². The Kier molecular flexibility index (Phi) is 4.42. The molecule has 0 unspecified atom stereocenters. The van der Waals surface area contributed by atoms with Crippen molar-refractivity contribution in [3.05, 3.63) is 11.9 Å². The van der Waals surface area contributed by atoms with Crippen LogP contribution in [0.3, 0.4) is 0 Å². The largest absolute Gasteiger partial charge is 0.341 e. The van der Waals surface area contributed by atoms with Crippen LogP contribution in [0.2, 0.25) is 0 Å². The molecule has 2 N–H and O–H groups in total. The van der Waals surface area contributed by atoms with Gasteiger partial charge in [0.25, 0.3) is 0 Å². The molecule has 1 aromatic rings. The van der Waals surface area contributed by atoms with Crippen LogP contribution in [0, 0.1) is 0 Å². The number of aromatic nitrogens is 3. The molecule has 1 fully saturated rings. The fraction of sp³-hybridized carbons (Fsp3) is 0.786. The summed E-state index contributed by atoms with van der Waals surface area (Å²) in [6, 6.07) is 0.380. The van der Waals surface area contributed by atoms with E-state index < -0.39 is 5.54 Å². The van der Waals surface area contributed by atoms with Crippen molar-refractivity contribution in [3.63, 3.8) is 0 Å². The number of nitrogens with two attached hydrogens (primary N) is 1. The number of rotatable bonds is 4. The topological polar surface area (TPSA) is 77.0 Å². The SMILES string of the molecule is CN(C(=O)Cn1cc(C(C)(C)N)nn1)C1CCCCC1. The van der Waals surface area contributed by atoms with Crippen LogP contribution < -0.4 is 5.73 Å². The summed E-state index contributed by atoms with van der Waals surface area (Å²) in [5.41, 5.74) is 6.13. The van der Waals surface area contributed by atoms with Gasteiger partial charge in [-0.15, -0.1) is 5.10 Å². The van der Waals surface area contributed by atoms with Gasteiger partial charge in [0.05, 0.1) is 11.7 Å². The van der Waals surface area contributed by atoms with E-state index >= 15 is 0 Å². The molecule has 1 aliphatic carbocycles. The smallest absolute Gasteiger partial charge is 0.244 e. The van der Waals surface area contributed by atoms with Gasteiger partial charge in [-0.3, -0.25) is 4.79 Å². The average Bonchev–Trinajstić information content (AvgIpc) is 2.87. The first kappa shape index (κ1) is 15.0. The van der Waals surface area contributed by atoms with Gasteiger partial charge in [0.15, 0.2) is 0 Å². The highest BCUT2D eigenvalue weighted by atomic mass is 16.2. The maximum atomic E-state index is 12.3. The van der Waals surface area contributed by atoms with Gasteiger partial charge >= 0.3 is 0 Å². The first-order chi connectivity index (χ1) is 9.38. The lowest BCUT2D eigenvalue weighted by Crippen LogP contribution is -2.40. The van der Waals surface area contributed by atoms with Gasteiger partial charge in [-0.2, -0.15) is 0 Å². The third kappa shape index (κ3) is 3.56. The highest BCUT2D eigenvalue weighted by Crippen LogP contribution is 2.21. The molecular weight excluding hydrogens is 254 g/mol. The van der Waals surface area contributed by atoms with Gasteiger partial charge in [0.1, 0.15) is 12.2 Å². The van der Waals surface area contributed by atoms with Crippen LogP contribution in [-0.2, 0) is 16.9 Å². The lowest BCUT2D eigenvalue weighted by atomic mass is 9.94. The number of hydrogen-bond acceptors (Lipinski definition) is 4. The molecule has 1 aliphatic rings. The molecule has 0 radical (unpaired) electrons. The number of nitrogens with zero attached hydrogens (tertiary/aromatic N) is 4. The molecule has 0 aliphatic heterocycles. The summed E-state index contributed by atoms with van der Waals surface area (Å²) in [5, 5.41) is 8.02. The summed E-state index contributed by atoms with van der Waals surface area (Å²) in [6.45, 7) is 3.98. The molecule has 112 valence electrons. The second kappa shape index (κ2) is 5.91. The third-order valence-electron chi connectivity index (χ3n) is 4.01. The van der Waals surface area contributed by atoms with Crippen molar-refractivity contribution in [3.8, 4) is 0 Å². The monoisotopic (exact) mass is 279 g/mol. The van der Waals surface area contributed by atoms with E-state index in [1.165, 1.54) is 19.3 Å². The Labute approximate surface area is 120 Å². The molecule has 0 spiro atoms. The van der Waals surface area contributed by atoms with Crippen molar-refractivity contribution in [2.75, 3.05) is 7.05 Å². The summed E-state index contributed by atoms with van der Waals surface area (Å²) < 4.78 is 1.58. The lowest BCUT2D eigenvalue weighted by molar-refractivity contribution is -0.133. The van der Waals surface area contributed by atoms with Crippen LogP contribution in [0.1, 0.15) is 51.6 Å². The van der Waals surface area contributed by atoms with Crippen molar-refractivity contribution < 1.29 is 4.79 Å². The van der Waals surface area contributed by atoms with Crippen LogP contribution in [-0.4, -0.2) is 38.9 Å². The predicted molar refractivity (Wildman–Crippen MR) is 76.9 cm³/mol. The quantitative estimate of drug-likeness (QED) is 0.900. The second-order valence-electron chi connectivity index (χ2n) is 6.32. The molecular formula is C14H25N5O. The Hall–Kier alpha value is -1.43. The average molecular weight is 279 g/mol. The van der Waals surface area contributed by atoms with Gasteiger partial charge in [-0.25, -0.2) is 4.68 Å². The molecule has 6 heteroatoms. The van der Waals surface area contributed by atoms with Crippen molar-refractivity contribution >= 4 is 5.91 Å². The Balaban J connectivity index is 1.95. The fourth-order valence-electron chi connectivity index (χ4n) is 2.59. The minimum Gasteiger partial charge on any atom is -0.341 e. The molecule has 2 rings (SSSR count).